The van der Waals surface area contributed by atoms with E-state index in [1.807, 2.05) is 0 Å². The van der Waals surface area contributed by atoms with Crippen LogP contribution in [-0.2, 0) is 28.6 Å². The summed E-state index contributed by atoms with van der Waals surface area (Å²) in [5.74, 6) is -0.841. The molecular formula is C71H136O6. The van der Waals surface area contributed by atoms with Crippen molar-refractivity contribution in [3.63, 3.8) is 0 Å². The molecule has 0 radical (unpaired) electrons. The van der Waals surface area contributed by atoms with Gasteiger partial charge < -0.3 is 14.2 Å². The van der Waals surface area contributed by atoms with Crippen molar-refractivity contribution >= 4 is 17.9 Å². The molecule has 0 saturated heterocycles. The average molecular weight is 1090 g/mol. The predicted molar refractivity (Wildman–Crippen MR) is 335 cm³/mol. The van der Waals surface area contributed by atoms with E-state index in [9.17, 15) is 14.4 Å². The van der Waals surface area contributed by atoms with Gasteiger partial charge in [-0.3, -0.25) is 14.4 Å². The van der Waals surface area contributed by atoms with Gasteiger partial charge in [0.15, 0.2) is 6.10 Å². The third-order valence-electron chi connectivity index (χ3n) is 16.3. The number of esters is 3. The third-order valence-corrected chi connectivity index (χ3v) is 16.3. The van der Waals surface area contributed by atoms with E-state index < -0.39 is 6.10 Å². The van der Waals surface area contributed by atoms with Gasteiger partial charge in [0, 0.05) is 19.3 Å². The largest absolute Gasteiger partial charge is 0.462 e. The van der Waals surface area contributed by atoms with Crippen LogP contribution in [0.2, 0.25) is 0 Å². The SMILES string of the molecule is CCCCCC/C=C\CCCCCCCC(=O)OCC(COC(=O)CCCCCCCCCCCCCCCCCCCCCCCCCCCCCC)OC(=O)CCCCCCCCCCCCCCCCCCCC. The van der Waals surface area contributed by atoms with E-state index in [0.29, 0.717) is 19.3 Å². The molecule has 0 amide bonds. The van der Waals surface area contributed by atoms with Gasteiger partial charge in [0.05, 0.1) is 0 Å². The van der Waals surface area contributed by atoms with E-state index in [1.165, 1.54) is 302 Å². The van der Waals surface area contributed by atoms with Gasteiger partial charge >= 0.3 is 17.9 Å². The maximum absolute atomic E-state index is 12.9. The van der Waals surface area contributed by atoms with E-state index in [1.54, 1.807) is 0 Å². The first-order chi connectivity index (χ1) is 38.0. The molecule has 6 heteroatoms. The van der Waals surface area contributed by atoms with E-state index in [0.717, 1.165) is 64.2 Å². The van der Waals surface area contributed by atoms with Crippen molar-refractivity contribution in [2.24, 2.45) is 0 Å². The highest BCUT2D eigenvalue weighted by Gasteiger charge is 2.19. The molecular weight excluding hydrogens is 949 g/mol. The second kappa shape index (κ2) is 66.7. The van der Waals surface area contributed by atoms with E-state index in [4.69, 9.17) is 14.2 Å². The number of hydrogen-bond donors (Lipinski definition) is 0. The van der Waals surface area contributed by atoms with Crippen LogP contribution >= 0.6 is 0 Å². The highest BCUT2D eigenvalue weighted by atomic mass is 16.6. The van der Waals surface area contributed by atoms with Crippen LogP contribution in [-0.4, -0.2) is 37.2 Å². The fourth-order valence-corrected chi connectivity index (χ4v) is 11.0. The van der Waals surface area contributed by atoms with Crippen LogP contribution in [0.1, 0.15) is 406 Å². The normalized spacial score (nSPS) is 12.0. The lowest BCUT2D eigenvalue weighted by atomic mass is 10.0. The van der Waals surface area contributed by atoms with Gasteiger partial charge in [0.1, 0.15) is 13.2 Å². The molecule has 0 spiro atoms. The van der Waals surface area contributed by atoms with Gasteiger partial charge in [0.2, 0.25) is 0 Å². The highest BCUT2D eigenvalue weighted by molar-refractivity contribution is 5.71. The van der Waals surface area contributed by atoms with E-state index in [2.05, 4.69) is 32.9 Å². The van der Waals surface area contributed by atoms with Crippen LogP contribution in [0.4, 0.5) is 0 Å². The second-order valence-corrected chi connectivity index (χ2v) is 24.2. The molecule has 6 nitrogen and oxygen atoms in total. The zero-order chi connectivity index (χ0) is 55.7. The van der Waals surface area contributed by atoms with Gasteiger partial charge in [0.25, 0.3) is 0 Å². The molecule has 1 unspecified atom stereocenters. The topological polar surface area (TPSA) is 78.9 Å². The molecule has 0 saturated carbocycles. The molecule has 0 aromatic heterocycles. The Kier molecular flexibility index (Phi) is 65.1. The van der Waals surface area contributed by atoms with Crippen molar-refractivity contribution in [1.29, 1.82) is 0 Å². The number of rotatable bonds is 66. The number of ether oxygens (including phenoxy) is 3. The lowest BCUT2D eigenvalue weighted by Crippen LogP contribution is -2.30. The minimum absolute atomic E-state index is 0.0658. The molecule has 0 aromatic carbocycles. The van der Waals surface area contributed by atoms with Crippen molar-refractivity contribution in [3.05, 3.63) is 12.2 Å². The smallest absolute Gasteiger partial charge is 0.306 e. The molecule has 0 fully saturated rings. The fourth-order valence-electron chi connectivity index (χ4n) is 11.0. The molecule has 77 heavy (non-hydrogen) atoms. The number of carbonyl (C=O) groups excluding carboxylic acids is 3. The Bertz CT molecular complexity index is 1200. The van der Waals surface area contributed by atoms with Gasteiger partial charge in [-0.25, -0.2) is 0 Å². The molecule has 1 atom stereocenters. The zero-order valence-electron chi connectivity index (χ0n) is 52.5. The highest BCUT2D eigenvalue weighted by Crippen LogP contribution is 2.19. The summed E-state index contributed by atoms with van der Waals surface area (Å²) in [6, 6.07) is 0. The maximum atomic E-state index is 12.9. The Morgan fingerprint density at radius 3 is 0.662 bits per heavy atom. The van der Waals surface area contributed by atoms with Crippen molar-refractivity contribution < 1.29 is 28.6 Å². The van der Waals surface area contributed by atoms with Gasteiger partial charge in [-0.2, -0.15) is 0 Å². The number of carbonyl (C=O) groups is 3. The Balaban J connectivity index is 4.16. The van der Waals surface area contributed by atoms with Crippen LogP contribution < -0.4 is 0 Å². The zero-order valence-corrected chi connectivity index (χ0v) is 52.5. The van der Waals surface area contributed by atoms with Crippen molar-refractivity contribution in [1.82, 2.24) is 0 Å². The molecule has 456 valence electrons. The Morgan fingerprint density at radius 2 is 0.429 bits per heavy atom. The Labute approximate surface area is 481 Å². The Morgan fingerprint density at radius 1 is 0.247 bits per heavy atom. The fraction of sp³-hybridized carbons (Fsp3) is 0.930. The molecule has 0 aliphatic carbocycles. The third kappa shape index (κ3) is 64.9. The first-order valence-electron chi connectivity index (χ1n) is 35.2. The number of allylic oxidation sites excluding steroid dienone is 2. The van der Waals surface area contributed by atoms with Crippen LogP contribution in [0.3, 0.4) is 0 Å². The van der Waals surface area contributed by atoms with Gasteiger partial charge in [-0.15, -0.1) is 0 Å². The van der Waals surface area contributed by atoms with E-state index in [-0.39, 0.29) is 31.1 Å². The Hall–Kier alpha value is -1.85. The lowest BCUT2D eigenvalue weighted by Gasteiger charge is -2.18. The summed E-state index contributed by atoms with van der Waals surface area (Å²) in [4.78, 5) is 38.4. The minimum atomic E-state index is -0.769. The summed E-state index contributed by atoms with van der Waals surface area (Å²) in [5, 5.41) is 0. The monoisotopic (exact) mass is 1090 g/mol. The van der Waals surface area contributed by atoms with Crippen LogP contribution in [0.25, 0.3) is 0 Å². The first-order valence-corrected chi connectivity index (χ1v) is 35.2. The molecule has 0 aromatic rings. The van der Waals surface area contributed by atoms with Crippen LogP contribution in [0.5, 0.6) is 0 Å². The summed E-state index contributed by atoms with van der Waals surface area (Å²) in [6.07, 6.45) is 79.6. The minimum Gasteiger partial charge on any atom is -0.462 e. The number of unbranched alkanes of at least 4 members (excludes halogenated alkanes) is 53. The first kappa shape index (κ1) is 75.2. The van der Waals surface area contributed by atoms with Crippen molar-refractivity contribution in [2.45, 2.75) is 412 Å². The summed E-state index contributed by atoms with van der Waals surface area (Å²) in [5.41, 5.74) is 0. The summed E-state index contributed by atoms with van der Waals surface area (Å²) in [6.45, 7) is 6.71. The summed E-state index contributed by atoms with van der Waals surface area (Å²) >= 11 is 0. The summed E-state index contributed by atoms with van der Waals surface area (Å²) < 4.78 is 17.0. The molecule has 0 bridgehead atoms. The van der Waals surface area contributed by atoms with E-state index >= 15 is 0 Å². The van der Waals surface area contributed by atoms with Crippen molar-refractivity contribution in [3.8, 4) is 0 Å². The second-order valence-electron chi connectivity index (χ2n) is 24.2. The van der Waals surface area contributed by atoms with Crippen molar-refractivity contribution in [2.75, 3.05) is 13.2 Å². The average Bonchev–Trinajstić information content (AvgIpc) is 3.43. The number of hydrogen-bond acceptors (Lipinski definition) is 6. The van der Waals surface area contributed by atoms with Gasteiger partial charge in [-0.1, -0.05) is 354 Å². The lowest BCUT2D eigenvalue weighted by molar-refractivity contribution is -0.167. The molecule has 0 aliphatic heterocycles. The molecule has 0 aliphatic rings. The van der Waals surface area contributed by atoms with Crippen LogP contribution in [0.15, 0.2) is 12.2 Å². The quantitative estimate of drug-likeness (QED) is 0.0261. The molecule has 0 rings (SSSR count). The van der Waals surface area contributed by atoms with Gasteiger partial charge in [-0.05, 0) is 44.9 Å². The molecule has 0 heterocycles. The summed E-state index contributed by atoms with van der Waals surface area (Å²) in [7, 11) is 0. The molecule has 0 N–H and O–H groups in total. The predicted octanol–water partition coefficient (Wildman–Crippen LogP) is 24.0. The van der Waals surface area contributed by atoms with Crippen LogP contribution in [0, 0.1) is 0 Å². The maximum Gasteiger partial charge on any atom is 0.306 e. The standard InChI is InChI=1S/C71H136O6/c1-4-7-10-13-16-19-22-25-27-29-31-32-33-34-35-36-37-38-39-40-42-43-46-49-52-55-58-61-64-70(73)76-67-68(66-75-69(72)63-60-57-54-51-48-45-24-21-18-15-12-9-6-3)77-71(74)65-62-59-56-53-50-47-44-41-30-28-26-23-20-17-14-11-8-5-2/h21,24,68H,4-20,22-23,25-67H2,1-3H3/b24-21-.